The number of hydrogen-bond acceptors (Lipinski definition) is 3. The highest BCUT2D eigenvalue weighted by Gasteiger charge is 2.19. The van der Waals surface area contributed by atoms with Gasteiger partial charge in [-0.3, -0.25) is 9.89 Å². The molecule has 1 aliphatic heterocycles. The van der Waals surface area contributed by atoms with Crippen molar-refractivity contribution in [1.82, 2.24) is 15.5 Å². The van der Waals surface area contributed by atoms with Crippen LogP contribution in [0.2, 0.25) is 0 Å². The fraction of sp³-hybridized carbons (Fsp3) is 0.667. The lowest BCUT2D eigenvalue weighted by molar-refractivity contribution is 0.0341. The summed E-state index contributed by atoms with van der Waals surface area (Å²) >= 11 is 0. The van der Waals surface area contributed by atoms with Crippen LogP contribution in [0.15, 0.2) is 29.3 Å². The van der Waals surface area contributed by atoms with Crippen molar-refractivity contribution in [3.05, 3.63) is 35.4 Å². The molecule has 27 heavy (non-hydrogen) atoms. The molecule has 0 radical (unpaired) electrons. The fourth-order valence-corrected chi connectivity index (χ4v) is 3.86. The number of aliphatic imine (C=N–C) groups is 1. The maximum Gasteiger partial charge on any atom is 0.191 e. The third kappa shape index (κ3) is 7.23. The standard InChI is InChI=1S/C21H34N4O.HI/c1-17-7-9-20(10-8-17)24-21(22-2)23-15-18-5-3-4-6-19(18)16-25-11-13-26-14-12-25;/h3-6,17,20H,7-16H2,1-2H3,(H2,22,23,24);1H. The number of morpholine rings is 1. The third-order valence-corrected chi connectivity index (χ3v) is 5.64. The van der Waals surface area contributed by atoms with Crippen LogP contribution in [0.25, 0.3) is 0 Å². The number of benzene rings is 1. The van der Waals surface area contributed by atoms with Gasteiger partial charge in [-0.1, -0.05) is 31.2 Å². The molecule has 1 aromatic carbocycles. The lowest BCUT2D eigenvalue weighted by Gasteiger charge is -2.29. The average Bonchev–Trinajstić information content (AvgIpc) is 2.68. The minimum absolute atomic E-state index is 0. The molecule has 3 rings (SSSR count). The van der Waals surface area contributed by atoms with Gasteiger partial charge in [0.25, 0.3) is 0 Å². The second-order valence-electron chi connectivity index (χ2n) is 7.68. The summed E-state index contributed by atoms with van der Waals surface area (Å²) in [7, 11) is 1.86. The molecule has 1 saturated heterocycles. The van der Waals surface area contributed by atoms with Crippen LogP contribution in [0, 0.1) is 5.92 Å². The second-order valence-corrected chi connectivity index (χ2v) is 7.68. The zero-order valence-electron chi connectivity index (χ0n) is 16.7. The summed E-state index contributed by atoms with van der Waals surface area (Å²) in [5.41, 5.74) is 2.74. The summed E-state index contributed by atoms with van der Waals surface area (Å²) < 4.78 is 5.46. The maximum absolute atomic E-state index is 5.46. The summed E-state index contributed by atoms with van der Waals surface area (Å²) in [5, 5.41) is 7.13. The highest BCUT2D eigenvalue weighted by Crippen LogP contribution is 2.23. The smallest absolute Gasteiger partial charge is 0.191 e. The van der Waals surface area contributed by atoms with E-state index in [1.807, 2.05) is 7.05 Å². The second kappa shape index (κ2) is 11.9. The van der Waals surface area contributed by atoms with Gasteiger partial charge in [0.05, 0.1) is 13.2 Å². The molecule has 0 unspecified atom stereocenters. The Morgan fingerprint density at radius 3 is 2.44 bits per heavy atom. The Bertz CT molecular complexity index is 581. The van der Waals surface area contributed by atoms with Gasteiger partial charge in [-0.2, -0.15) is 0 Å². The molecular weight excluding hydrogens is 451 g/mol. The topological polar surface area (TPSA) is 48.9 Å². The van der Waals surface area contributed by atoms with Gasteiger partial charge in [0.1, 0.15) is 0 Å². The van der Waals surface area contributed by atoms with E-state index in [2.05, 4.69) is 51.7 Å². The average molecular weight is 486 g/mol. The van der Waals surface area contributed by atoms with Crippen LogP contribution >= 0.6 is 24.0 Å². The van der Waals surface area contributed by atoms with E-state index in [0.29, 0.717) is 6.04 Å². The first-order chi connectivity index (χ1) is 12.7. The first-order valence-electron chi connectivity index (χ1n) is 10.1. The van der Waals surface area contributed by atoms with Crippen molar-refractivity contribution in [1.29, 1.82) is 0 Å². The number of nitrogens with zero attached hydrogens (tertiary/aromatic N) is 2. The largest absolute Gasteiger partial charge is 0.379 e. The predicted octanol–water partition coefficient (Wildman–Crippen LogP) is 3.38. The van der Waals surface area contributed by atoms with Crippen molar-refractivity contribution in [2.45, 2.75) is 51.7 Å². The van der Waals surface area contributed by atoms with E-state index in [9.17, 15) is 0 Å². The van der Waals surface area contributed by atoms with E-state index in [4.69, 9.17) is 4.74 Å². The number of halogens is 1. The highest BCUT2D eigenvalue weighted by atomic mass is 127. The Morgan fingerprint density at radius 1 is 1.11 bits per heavy atom. The minimum atomic E-state index is 0. The van der Waals surface area contributed by atoms with Crippen molar-refractivity contribution in [3.63, 3.8) is 0 Å². The molecule has 6 heteroatoms. The van der Waals surface area contributed by atoms with Crippen LogP contribution in [-0.2, 0) is 17.8 Å². The first kappa shape index (κ1) is 22.4. The van der Waals surface area contributed by atoms with Gasteiger partial charge in [0.2, 0.25) is 0 Å². The minimum Gasteiger partial charge on any atom is -0.379 e. The number of ether oxygens (including phenoxy) is 1. The van der Waals surface area contributed by atoms with Gasteiger partial charge < -0.3 is 15.4 Å². The van der Waals surface area contributed by atoms with Crippen molar-refractivity contribution in [2.24, 2.45) is 10.9 Å². The molecule has 1 aromatic rings. The molecule has 0 atom stereocenters. The van der Waals surface area contributed by atoms with Crippen molar-refractivity contribution >= 4 is 29.9 Å². The van der Waals surface area contributed by atoms with Crippen molar-refractivity contribution in [2.75, 3.05) is 33.4 Å². The molecule has 0 bridgehead atoms. The number of rotatable bonds is 5. The number of guanidine groups is 1. The fourth-order valence-electron chi connectivity index (χ4n) is 3.86. The summed E-state index contributed by atoms with van der Waals surface area (Å²) in [6.07, 6.45) is 5.12. The quantitative estimate of drug-likeness (QED) is 0.381. The molecule has 152 valence electrons. The summed E-state index contributed by atoms with van der Waals surface area (Å²) in [6.45, 7) is 7.88. The molecule has 0 amide bonds. The molecule has 1 aliphatic carbocycles. The van der Waals surface area contributed by atoms with E-state index in [-0.39, 0.29) is 24.0 Å². The van der Waals surface area contributed by atoms with Gasteiger partial charge in [-0.05, 0) is 42.7 Å². The maximum atomic E-state index is 5.46. The zero-order chi connectivity index (χ0) is 18.2. The number of hydrogen-bond donors (Lipinski definition) is 2. The Kier molecular flexibility index (Phi) is 9.86. The summed E-state index contributed by atoms with van der Waals surface area (Å²) in [5.74, 6) is 1.79. The lowest BCUT2D eigenvalue weighted by Crippen LogP contribution is -2.44. The molecule has 5 nitrogen and oxygen atoms in total. The molecule has 0 aromatic heterocycles. The predicted molar refractivity (Wildman–Crippen MR) is 123 cm³/mol. The van der Waals surface area contributed by atoms with Crippen molar-refractivity contribution in [3.8, 4) is 0 Å². The molecule has 2 aliphatic rings. The lowest BCUT2D eigenvalue weighted by atomic mass is 9.87. The summed E-state index contributed by atoms with van der Waals surface area (Å²) in [4.78, 5) is 6.90. The Labute approximate surface area is 181 Å². The van der Waals surface area contributed by atoms with E-state index in [1.165, 1.54) is 36.8 Å². The first-order valence-corrected chi connectivity index (χ1v) is 10.1. The normalized spacial score (nSPS) is 24.1. The number of nitrogens with one attached hydrogen (secondary N) is 2. The van der Waals surface area contributed by atoms with Crippen LogP contribution in [-0.4, -0.2) is 50.3 Å². The molecule has 2 N–H and O–H groups in total. The summed E-state index contributed by atoms with van der Waals surface area (Å²) in [6, 6.07) is 9.28. The van der Waals surface area contributed by atoms with Gasteiger partial charge in [-0.25, -0.2) is 0 Å². The molecule has 0 spiro atoms. The Balaban J connectivity index is 0.00000261. The molecule has 1 heterocycles. The van der Waals surface area contributed by atoms with Crippen molar-refractivity contribution < 1.29 is 4.74 Å². The molecular formula is C21H35IN4O. The van der Waals surface area contributed by atoms with Crippen LogP contribution in [0.4, 0.5) is 0 Å². The van der Waals surface area contributed by atoms with Crippen LogP contribution in [0.5, 0.6) is 0 Å². The van der Waals surface area contributed by atoms with Crippen LogP contribution < -0.4 is 10.6 Å². The SMILES string of the molecule is CN=C(NCc1ccccc1CN1CCOCC1)NC1CCC(C)CC1.I. The zero-order valence-corrected chi connectivity index (χ0v) is 19.1. The van der Waals surface area contributed by atoms with E-state index >= 15 is 0 Å². The van der Waals surface area contributed by atoms with Crippen LogP contribution in [0.3, 0.4) is 0 Å². The van der Waals surface area contributed by atoms with Gasteiger partial charge >= 0.3 is 0 Å². The van der Waals surface area contributed by atoms with E-state index in [1.54, 1.807) is 0 Å². The Morgan fingerprint density at radius 2 is 1.78 bits per heavy atom. The Hall–Kier alpha value is -0.860. The monoisotopic (exact) mass is 486 g/mol. The molecule has 2 fully saturated rings. The molecule has 1 saturated carbocycles. The third-order valence-electron chi connectivity index (χ3n) is 5.64. The van der Waals surface area contributed by atoms with Crippen LogP contribution in [0.1, 0.15) is 43.7 Å². The highest BCUT2D eigenvalue weighted by molar-refractivity contribution is 14.0. The van der Waals surface area contributed by atoms with Gasteiger partial charge in [0.15, 0.2) is 5.96 Å². The van der Waals surface area contributed by atoms with Gasteiger partial charge in [-0.15, -0.1) is 24.0 Å². The van der Waals surface area contributed by atoms with E-state index < -0.39 is 0 Å². The van der Waals surface area contributed by atoms with Gasteiger partial charge in [0, 0.05) is 39.3 Å². The van der Waals surface area contributed by atoms with E-state index in [0.717, 1.165) is 51.3 Å².